The molecule has 0 atom stereocenters. The molecule has 0 saturated heterocycles. The lowest BCUT2D eigenvalue weighted by molar-refractivity contribution is -0.145. The summed E-state index contributed by atoms with van der Waals surface area (Å²) in [6.45, 7) is 13.4. The Morgan fingerprint density at radius 2 is 0.644 bits per heavy atom. The SMILES string of the molecule is CCCCCCC(=O)OCCOCCOCCOCCOCCOCCOCCOCCOCCOCCOCCOCCCl. The van der Waals surface area contributed by atoms with E-state index in [0.29, 0.717) is 158 Å². The van der Waals surface area contributed by atoms with Crippen molar-refractivity contribution in [1.29, 1.82) is 0 Å². The summed E-state index contributed by atoms with van der Waals surface area (Å²) in [5, 5.41) is 0. The van der Waals surface area contributed by atoms with Crippen molar-refractivity contribution in [1.82, 2.24) is 0 Å². The summed E-state index contributed by atoms with van der Waals surface area (Å²) in [6.07, 6.45) is 4.76. The van der Waals surface area contributed by atoms with Crippen molar-refractivity contribution in [3.05, 3.63) is 0 Å². The number of carbonyl (C=O) groups excluding carboxylic acids is 1. The van der Waals surface area contributed by atoms with Crippen molar-refractivity contribution in [2.45, 2.75) is 39.0 Å². The quantitative estimate of drug-likeness (QED) is 0.0537. The van der Waals surface area contributed by atoms with Crippen LogP contribution in [0.5, 0.6) is 0 Å². The second-order valence-electron chi connectivity index (χ2n) is 9.46. The number of ether oxygens (including phenoxy) is 12. The van der Waals surface area contributed by atoms with Crippen LogP contribution in [-0.2, 0) is 61.6 Å². The van der Waals surface area contributed by atoms with E-state index in [1.165, 1.54) is 0 Å². The fraction of sp³-hybridized carbons (Fsp3) is 0.968. The zero-order valence-electron chi connectivity index (χ0n) is 27.7. The highest BCUT2D eigenvalue weighted by molar-refractivity contribution is 6.17. The fourth-order valence-corrected chi connectivity index (χ4v) is 3.45. The molecule has 13 nitrogen and oxygen atoms in total. The second kappa shape index (κ2) is 41.3. The van der Waals surface area contributed by atoms with Crippen LogP contribution < -0.4 is 0 Å². The van der Waals surface area contributed by atoms with Crippen molar-refractivity contribution in [2.24, 2.45) is 0 Å². The lowest BCUT2D eigenvalue weighted by atomic mass is 10.2. The molecule has 270 valence electrons. The molecule has 0 radical (unpaired) electrons. The van der Waals surface area contributed by atoms with Gasteiger partial charge in [0.15, 0.2) is 0 Å². The molecule has 0 bridgehead atoms. The Balaban J connectivity index is 3.07. The monoisotopic (exact) mass is 676 g/mol. The van der Waals surface area contributed by atoms with Crippen molar-refractivity contribution >= 4 is 17.6 Å². The van der Waals surface area contributed by atoms with Gasteiger partial charge in [0.05, 0.1) is 145 Å². The van der Waals surface area contributed by atoms with Gasteiger partial charge < -0.3 is 56.8 Å². The number of halogens is 1. The standard InChI is InChI=1S/C31H61ClO13/c1-2-3-4-5-6-31(33)45-30-29-44-28-27-43-26-25-42-24-23-41-22-21-40-20-19-39-18-17-38-16-15-37-14-13-36-12-11-35-10-9-34-8-7-32/h2-30H2,1H3. The van der Waals surface area contributed by atoms with E-state index in [9.17, 15) is 4.79 Å². The first-order valence-corrected chi connectivity index (χ1v) is 16.9. The Hall–Kier alpha value is -0.680. The van der Waals surface area contributed by atoms with Crippen LogP contribution in [0.1, 0.15) is 39.0 Å². The van der Waals surface area contributed by atoms with Crippen LogP contribution >= 0.6 is 11.6 Å². The lowest BCUT2D eigenvalue weighted by Gasteiger charge is -2.09. The maximum absolute atomic E-state index is 11.5. The fourth-order valence-electron chi connectivity index (χ4n) is 3.34. The lowest BCUT2D eigenvalue weighted by Crippen LogP contribution is -2.15. The molecule has 0 aliphatic carbocycles. The Morgan fingerprint density at radius 3 is 0.911 bits per heavy atom. The molecule has 0 unspecified atom stereocenters. The molecule has 0 aliphatic rings. The molecule has 0 heterocycles. The average Bonchev–Trinajstić information content (AvgIpc) is 3.05. The van der Waals surface area contributed by atoms with Gasteiger partial charge in [0.1, 0.15) is 6.61 Å². The second-order valence-corrected chi connectivity index (χ2v) is 9.83. The van der Waals surface area contributed by atoms with Gasteiger partial charge in [0.2, 0.25) is 0 Å². The highest BCUT2D eigenvalue weighted by atomic mass is 35.5. The molecule has 0 rings (SSSR count). The summed E-state index contributed by atoms with van der Waals surface area (Å²) < 4.78 is 64.7. The van der Waals surface area contributed by atoms with E-state index in [4.69, 9.17) is 68.4 Å². The molecule has 0 aromatic rings. The Morgan fingerprint density at radius 1 is 0.378 bits per heavy atom. The molecule has 14 heteroatoms. The minimum atomic E-state index is -0.153. The molecule has 0 aromatic heterocycles. The maximum Gasteiger partial charge on any atom is 0.305 e. The predicted molar refractivity (Wildman–Crippen MR) is 169 cm³/mol. The summed E-state index contributed by atoms with van der Waals surface area (Å²) in [5.41, 5.74) is 0. The molecule has 0 fully saturated rings. The van der Waals surface area contributed by atoms with Crippen molar-refractivity contribution in [3.63, 3.8) is 0 Å². The van der Waals surface area contributed by atoms with E-state index in [1.54, 1.807) is 0 Å². The zero-order valence-corrected chi connectivity index (χ0v) is 28.4. The van der Waals surface area contributed by atoms with Gasteiger partial charge in [0.25, 0.3) is 0 Å². The van der Waals surface area contributed by atoms with E-state index < -0.39 is 0 Å². The summed E-state index contributed by atoms with van der Waals surface area (Å²) >= 11 is 5.51. The Bertz CT molecular complexity index is 564. The highest BCUT2D eigenvalue weighted by Gasteiger charge is 2.02. The Kier molecular flexibility index (Phi) is 40.7. The van der Waals surface area contributed by atoms with Crippen LogP contribution in [0, 0.1) is 0 Å². The van der Waals surface area contributed by atoms with Gasteiger partial charge in [-0.05, 0) is 6.42 Å². The van der Waals surface area contributed by atoms with Crippen molar-refractivity contribution in [3.8, 4) is 0 Å². The maximum atomic E-state index is 11.5. The number of hydrogen-bond acceptors (Lipinski definition) is 13. The van der Waals surface area contributed by atoms with Gasteiger partial charge in [-0.15, -0.1) is 11.6 Å². The first-order valence-electron chi connectivity index (χ1n) is 16.4. The van der Waals surface area contributed by atoms with Gasteiger partial charge in [-0.1, -0.05) is 26.2 Å². The van der Waals surface area contributed by atoms with Crippen LogP contribution in [0.2, 0.25) is 0 Å². The molecule has 0 N–H and O–H groups in total. The van der Waals surface area contributed by atoms with Crippen LogP contribution in [0.4, 0.5) is 0 Å². The first-order chi connectivity index (χ1) is 22.3. The van der Waals surface area contributed by atoms with Gasteiger partial charge in [-0.2, -0.15) is 0 Å². The van der Waals surface area contributed by atoms with Crippen molar-refractivity contribution in [2.75, 3.05) is 158 Å². The molecule has 0 amide bonds. The molecular weight excluding hydrogens is 616 g/mol. The highest BCUT2D eigenvalue weighted by Crippen LogP contribution is 2.03. The third kappa shape index (κ3) is 41.3. The van der Waals surface area contributed by atoms with E-state index in [1.807, 2.05) is 0 Å². The molecule has 0 spiro atoms. The van der Waals surface area contributed by atoms with E-state index in [0.717, 1.165) is 25.7 Å². The normalized spacial score (nSPS) is 11.4. The van der Waals surface area contributed by atoms with Crippen LogP contribution in [-0.4, -0.2) is 164 Å². The van der Waals surface area contributed by atoms with Gasteiger partial charge in [0, 0.05) is 12.3 Å². The predicted octanol–water partition coefficient (Wildman–Crippen LogP) is 2.92. The van der Waals surface area contributed by atoms with E-state index >= 15 is 0 Å². The van der Waals surface area contributed by atoms with E-state index in [-0.39, 0.29) is 12.6 Å². The molecule has 0 aromatic carbocycles. The summed E-state index contributed by atoms with van der Waals surface area (Å²) in [7, 11) is 0. The number of esters is 1. The minimum Gasteiger partial charge on any atom is -0.463 e. The third-order valence-corrected chi connectivity index (χ3v) is 5.82. The number of rotatable bonds is 40. The molecule has 0 saturated carbocycles. The molecule has 0 aliphatic heterocycles. The summed E-state index contributed by atoms with van der Waals surface area (Å²) in [5.74, 6) is 0.342. The minimum absolute atomic E-state index is 0.153. The smallest absolute Gasteiger partial charge is 0.305 e. The summed E-state index contributed by atoms with van der Waals surface area (Å²) in [4.78, 5) is 11.5. The van der Waals surface area contributed by atoms with E-state index in [2.05, 4.69) is 6.92 Å². The van der Waals surface area contributed by atoms with Crippen LogP contribution in [0.25, 0.3) is 0 Å². The van der Waals surface area contributed by atoms with Gasteiger partial charge in [-0.25, -0.2) is 0 Å². The third-order valence-electron chi connectivity index (χ3n) is 5.67. The number of hydrogen-bond donors (Lipinski definition) is 0. The largest absolute Gasteiger partial charge is 0.463 e. The molecular formula is C31H61ClO13. The zero-order chi connectivity index (χ0) is 32.6. The number of alkyl halides is 1. The van der Waals surface area contributed by atoms with Gasteiger partial charge in [-0.3, -0.25) is 4.79 Å². The average molecular weight is 677 g/mol. The topological polar surface area (TPSA) is 128 Å². The number of unbranched alkanes of at least 4 members (excludes halogenated alkanes) is 3. The van der Waals surface area contributed by atoms with Crippen molar-refractivity contribution < 1.29 is 61.6 Å². The number of carbonyl (C=O) groups is 1. The van der Waals surface area contributed by atoms with Gasteiger partial charge >= 0.3 is 5.97 Å². The van der Waals surface area contributed by atoms with Crippen LogP contribution in [0.15, 0.2) is 0 Å². The molecule has 45 heavy (non-hydrogen) atoms. The first kappa shape index (κ1) is 44.3. The van der Waals surface area contributed by atoms with Crippen LogP contribution in [0.3, 0.4) is 0 Å². The Labute approximate surface area is 276 Å². The summed E-state index contributed by atoms with van der Waals surface area (Å²) in [6, 6.07) is 0.